The first-order valence-electron chi connectivity index (χ1n) is 4.90. The van der Waals surface area contributed by atoms with Crippen LogP contribution < -0.4 is 5.73 Å². The molecule has 0 atom stereocenters. The smallest absolute Gasteiger partial charge is 0.337 e. The number of hydrogen-bond acceptors (Lipinski definition) is 4. The van der Waals surface area contributed by atoms with Gasteiger partial charge in [0.1, 0.15) is 0 Å². The van der Waals surface area contributed by atoms with Crippen molar-refractivity contribution < 1.29 is 19.4 Å². The number of ether oxygens (including phenoxy) is 1. The van der Waals surface area contributed by atoms with Gasteiger partial charge in [0.25, 0.3) is 0 Å². The van der Waals surface area contributed by atoms with Gasteiger partial charge in [-0.15, -0.1) is 0 Å². The van der Waals surface area contributed by atoms with E-state index in [1.165, 1.54) is 19.2 Å². The maximum atomic E-state index is 10.8. The SMILES string of the molecule is COC(=O)CC=Cc1ccc(N)c(C(=O)O)c1. The molecule has 0 saturated carbocycles. The van der Waals surface area contributed by atoms with Crippen molar-refractivity contribution in [1.29, 1.82) is 0 Å². The van der Waals surface area contributed by atoms with Crippen LogP contribution >= 0.6 is 0 Å². The Morgan fingerprint density at radius 3 is 2.76 bits per heavy atom. The Labute approximate surface area is 98.5 Å². The van der Waals surface area contributed by atoms with Crippen LogP contribution in [-0.4, -0.2) is 24.2 Å². The number of nitrogen functional groups attached to an aromatic ring is 1. The fourth-order valence-corrected chi connectivity index (χ4v) is 1.24. The Kier molecular flexibility index (Phi) is 4.28. The molecule has 5 heteroatoms. The van der Waals surface area contributed by atoms with E-state index in [0.717, 1.165) is 0 Å². The number of benzene rings is 1. The first kappa shape index (κ1) is 12.8. The zero-order valence-electron chi connectivity index (χ0n) is 9.34. The minimum Gasteiger partial charge on any atom is -0.478 e. The molecule has 0 aliphatic rings. The standard InChI is InChI=1S/C12H13NO4/c1-17-11(14)4-2-3-8-5-6-10(13)9(7-8)12(15)16/h2-3,5-7H,4,13H2,1H3,(H,15,16). The quantitative estimate of drug-likeness (QED) is 0.610. The normalized spacial score (nSPS) is 10.4. The largest absolute Gasteiger partial charge is 0.478 e. The van der Waals surface area contributed by atoms with Crippen molar-refractivity contribution >= 4 is 23.7 Å². The summed E-state index contributed by atoms with van der Waals surface area (Å²) in [5, 5.41) is 8.86. The van der Waals surface area contributed by atoms with E-state index in [2.05, 4.69) is 4.74 Å². The Morgan fingerprint density at radius 2 is 2.18 bits per heavy atom. The number of hydrogen-bond donors (Lipinski definition) is 2. The molecule has 3 N–H and O–H groups in total. The van der Waals surface area contributed by atoms with Crippen molar-refractivity contribution in [3.05, 3.63) is 35.4 Å². The van der Waals surface area contributed by atoms with Crippen LogP contribution in [0.3, 0.4) is 0 Å². The fraction of sp³-hybridized carbons (Fsp3) is 0.167. The monoisotopic (exact) mass is 235 g/mol. The molecule has 0 aliphatic carbocycles. The molecule has 1 rings (SSSR count). The van der Waals surface area contributed by atoms with Gasteiger partial charge in [0, 0.05) is 5.69 Å². The van der Waals surface area contributed by atoms with Gasteiger partial charge in [-0.1, -0.05) is 18.2 Å². The molecule has 0 heterocycles. The maximum Gasteiger partial charge on any atom is 0.337 e. The van der Waals surface area contributed by atoms with Crippen molar-refractivity contribution in [3.8, 4) is 0 Å². The summed E-state index contributed by atoms with van der Waals surface area (Å²) in [6.45, 7) is 0. The van der Waals surface area contributed by atoms with Crippen LogP contribution in [0, 0.1) is 0 Å². The van der Waals surface area contributed by atoms with Crippen LogP contribution in [0.15, 0.2) is 24.3 Å². The molecular formula is C12H13NO4. The van der Waals surface area contributed by atoms with E-state index in [-0.39, 0.29) is 23.6 Å². The van der Waals surface area contributed by atoms with E-state index < -0.39 is 5.97 Å². The highest BCUT2D eigenvalue weighted by atomic mass is 16.5. The Morgan fingerprint density at radius 1 is 1.47 bits per heavy atom. The summed E-state index contributed by atoms with van der Waals surface area (Å²) in [5.74, 6) is -1.43. The van der Waals surface area contributed by atoms with Crippen molar-refractivity contribution in [2.24, 2.45) is 0 Å². The van der Waals surface area contributed by atoms with E-state index in [4.69, 9.17) is 10.8 Å². The van der Waals surface area contributed by atoms with Gasteiger partial charge in [0.15, 0.2) is 0 Å². The highest BCUT2D eigenvalue weighted by Gasteiger charge is 2.07. The van der Waals surface area contributed by atoms with Crippen LogP contribution in [0.4, 0.5) is 5.69 Å². The average Bonchev–Trinajstić information content (AvgIpc) is 2.30. The molecule has 0 radical (unpaired) electrons. The molecule has 0 aromatic heterocycles. The number of carbonyl (C=O) groups is 2. The van der Waals surface area contributed by atoms with Gasteiger partial charge in [-0.2, -0.15) is 0 Å². The number of anilines is 1. The van der Waals surface area contributed by atoms with Crippen molar-refractivity contribution in [1.82, 2.24) is 0 Å². The van der Waals surface area contributed by atoms with Gasteiger partial charge in [0.2, 0.25) is 0 Å². The molecule has 17 heavy (non-hydrogen) atoms. The molecule has 0 unspecified atom stereocenters. The summed E-state index contributed by atoms with van der Waals surface area (Å²) in [6, 6.07) is 4.64. The molecule has 0 bridgehead atoms. The van der Waals surface area contributed by atoms with E-state index in [9.17, 15) is 9.59 Å². The third kappa shape index (κ3) is 3.64. The second-order valence-corrected chi connectivity index (χ2v) is 3.33. The zero-order valence-corrected chi connectivity index (χ0v) is 9.34. The predicted octanol–water partition coefficient (Wildman–Crippen LogP) is 1.54. The van der Waals surface area contributed by atoms with Crippen LogP contribution in [0.2, 0.25) is 0 Å². The molecule has 5 nitrogen and oxygen atoms in total. The van der Waals surface area contributed by atoms with E-state index in [1.807, 2.05) is 0 Å². The van der Waals surface area contributed by atoms with E-state index >= 15 is 0 Å². The molecular weight excluding hydrogens is 222 g/mol. The first-order chi connectivity index (χ1) is 8.04. The van der Waals surface area contributed by atoms with Crippen LogP contribution in [-0.2, 0) is 9.53 Å². The van der Waals surface area contributed by atoms with Gasteiger partial charge >= 0.3 is 11.9 Å². The van der Waals surface area contributed by atoms with Gasteiger partial charge < -0.3 is 15.6 Å². The number of methoxy groups -OCH3 is 1. The summed E-state index contributed by atoms with van der Waals surface area (Å²) < 4.78 is 4.46. The second kappa shape index (κ2) is 5.69. The molecule has 1 aromatic carbocycles. The van der Waals surface area contributed by atoms with E-state index in [1.54, 1.807) is 18.2 Å². The average molecular weight is 235 g/mol. The van der Waals surface area contributed by atoms with Gasteiger partial charge in [-0.05, 0) is 17.7 Å². The third-order valence-electron chi connectivity index (χ3n) is 2.13. The summed E-state index contributed by atoms with van der Waals surface area (Å²) >= 11 is 0. The zero-order chi connectivity index (χ0) is 12.8. The topological polar surface area (TPSA) is 89.6 Å². The van der Waals surface area contributed by atoms with Crippen molar-refractivity contribution in [3.63, 3.8) is 0 Å². The summed E-state index contributed by atoms with van der Waals surface area (Å²) in [4.78, 5) is 21.7. The predicted molar refractivity (Wildman–Crippen MR) is 63.5 cm³/mol. The number of nitrogens with two attached hydrogens (primary N) is 1. The number of carbonyl (C=O) groups excluding carboxylic acids is 1. The maximum absolute atomic E-state index is 10.8. The minimum absolute atomic E-state index is 0.0465. The molecule has 1 aromatic rings. The van der Waals surface area contributed by atoms with Gasteiger partial charge in [-0.3, -0.25) is 4.79 Å². The number of carboxylic acid groups (broad SMARTS) is 1. The van der Waals surface area contributed by atoms with Crippen LogP contribution in [0.5, 0.6) is 0 Å². The first-order valence-corrected chi connectivity index (χ1v) is 4.90. The summed E-state index contributed by atoms with van der Waals surface area (Å²) in [6.07, 6.45) is 3.38. The lowest BCUT2D eigenvalue weighted by molar-refractivity contribution is -0.139. The summed E-state index contributed by atoms with van der Waals surface area (Å²) in [5.41, 5.74) is 6.43. The number of carboxylic acids is 1. The minimum atomic E-state index is -1.08. The van der Waals surface area contributed by atoms with E-state index in [0.29, 0.717) is 5.56 Å². The molecule has 0 saturated heterocycles. The lowest BCUT2D eigenvalue weighted by Gasteiger charge is -2.01. The Bertz CT molecular complexity index is 466. The number of rotatable bonds is 4. The van der Waals surface area contributed by atoms with Crippen molar-refractivity contribution in [2.75, 3.05) is 12.8 Å². The summed E-state index contributed by atoms with van der Waals surface area (Å²) in [7, 11) is 1.31. The lowest BCUT2D eigenvalue weighted by atomic mass is 10.1. The molecule has 0 fully saturated rings. The van der Waals surface area contributed by atoms with Gasteiger partial charge in [0.05, 0.1) is 19.1 Å². The number of esters is 1. The third-order valence-corrected chi connectivity index (χ3v) is 2.13. The van der Waals surface area contributed by atoms with Crippen LogP contribution in [0.25, 0.3) is 6.08 Å². The number of aromatic carboxylic acids is 1. The lowest BCUT2D eigenvalue weighted by Crippen LogP contribution is -2.02. The molecule has 0 spiro atoms. The Hall–Kier alpha value is -2.30. The molecule has 90 valence electrons. The molecule has 0 aliphatic heterocycles. The van der Waals surface area contributed by atoms with Crippen molar-refractivity contribution in [2.45, 2.75) is 6.42 Å². The highest BCUT2D eigenvalue weighted by molar-refractivity contribution is 5.94. The Balaban J connectivity index is 2.82. The fourth-order valence-electron chi connectivity index (χ4n) is 1.24. The second-order valence-electron chi connectivity index (χ2n) is 3.33. The van der Waals surface area contributed by atoms with Crippen LogP contribution in [0.1, 0.15) is 22.3 Å². The van der Waals surface area contributed by atoms with Gasteiger partial charge in [-0.25, -0.2) is 4.79 Å². The highest BCUT2D eigenvalue weighted by Crippen LogP contribution is 2.15. The molecule has 0 amide bonds.